The van der Waals surface area contributed by atoms with E-state index in [0.717, 1.165) is 0 Å². The molecule has 0 saturated carbocycles. The Bertz CT molecular complexity index is 534. The summed E-state index contributed by atoms with van der Waals surface area (Å²) in [5.74, 6) is -3.50. The van der Waals surface area contributed by atoms with Crippen LogP contribution in [0.2, 0.25) is 0 Å². The third kappa shape index (κ3) is 16.3. The number of nitrogens with zero attached hydrogens (tertiary/aromatic N) is 1. The Kier molecular flexibility index (Phi) is 18.5. The molecule has 0 aromatic heterocycles. The molecule has 6 nitrogen and oxygen atoms in total. The summed E-state index contributed by atoms with van der Waals surface area (Å²) in [4.78, 5) is 21.6. The van der Waals surface area contributed by atoms with Gasteiger partial charge in [-0.05, 0) is 25.0 Å². The zero-order valence-electron chi connectivity index (χ0n) is 19.5. The van der Waals surface area contributed by atoms with Crippen molar-refractivity contribution in [3.63, 3.8) is 0 Å². The van der Waals surface area contributed by atoms with Crippen molar-refractivity contribution >= 4 is 17.6 Å². The maximum absolute atomic E-state index is 9.51. The van der Waals surface area contributed by atoms with Crippen molar-refractivity contribution in [3.8, 4) is 0 Å². The van der Waals surface area contributed by atoms with Gasteiger partial charge in [0.1, 0.15) is 0 Å². The standard InChI is InChI=1S/C22H39N.C3H4O5/c1-3-5-7-9-11-16-20-23(22-18-14-13-15-19-22)21-17-12-10-8-6-4-2;4-1(2(5)6)3(7)8/h13-15,18-19H,3-12,16-17,20-21H2,1-2H3;1,4H,(H,5,6)(H,7,8). The maximum Gasteiger partial charge on any atom is 0.344 e. The molecule has 1 rings (SSSR count). The van der Waals surface area contributed by atoms with Crippen molar-refractivity contribution in [1.82, 2.24) is 0 Å². The minimum Gasteiger partial charge on any atom is -0.479 e. The van der Waals surface area contributed by atoms with Crippen LogP contribution in [-0.4, -0.2) is 46.5 Å². The lowest BCUT2D eigenvalue weighted by Gasteiger charge is -2.25. The highest BCUT2D eigenvalue weighted by Gasteiger charge is 2.20. The summed E-state index contributed by atoms with van der Waals surface area (Å²) in [7, 11) is 0. The molecular weight excluding hydrogens is 394 g/mol. The second kappa shape index (κ2) is 19.9. The lowest BCUT2D eigenvalue weighted by atomic mass is 10.1. The Morgan fingerprint density at radius 3 is 1.45 bits per heavy atom. The molecule has 0 saturated heterocycles. The van der Waals surface area contributed by atoms with Crippen molar-refractivity contribution < 1.29 is 24.9 Å². The molecule has 0 radical (unpaired) electrons. The van der Waals surface area contributed by atoms with Crippen LogP contribution in [0.25, 0.3) is 0 Å². The fourth-order valence-electron chi connectivity index (χ4n) is 3.28. The molecule has 1 aromatic carbocycles. The quantitative estimate of drug-likeness (QED) is 0.213. The van der Waals surface area contributed by atoms with E-state index < -0.39 is 18.0 Å². The minimum absolute atomic E-state index is 1.23. The van der Waals surface area contributed by atoms with Crippen LogP contribution in [-0.2, 0) is 9.59 Å². The molecule has 178 valence electrons. The Morgan fingerprint density at radius 2 is 1.10 bits per heavy atom. The van der Waals surface area contributed by atoms with Gasteiger partial charge in [-0.2, -0.15) is 0 Å². The van der Waals surface area contributed by atoms with Crippen LogP contribution in [0.3, 0.4) is 0 Å². The topological polar surface area (TPSA) is 98.1 Å². The molecule has 0 amide bonds. The number of carbonyl (C=O) groups is 2. The van der Waals surface area contributed by atoms with Gasteiger partial charge in [0.25, 0.3) is 0 Å². The first-order chi connectivity index (χ1) is 14.9. The van der Waals surface area contributed by atoms with Crippen molar-refractivity contribution in [2.24, 2.45) is 0 Å². The van der Waals surface area contributed by atoms with Crippen LogP contribution in [0, 0.1) is 0 Å². The molecule has 0 unspecified atom stereocenters. The fourth-order valence-corrected chi connectivity index (χ4v) is 3.28. The first kappa shape index (κ1) is 28.9. The largest absolute Gasteiger partial charge is 0.479 e. The van der Waals surface area contributed by atoms with Gasteiger partial charge in [-0.25, -0.2) is 9.59 Å². The molecule has 0 aliphatic rings. The van der Waals surface area contributed by atoms with Gasteiger partial charge in [0, 0.05) is 18.8 Å². The van der Waals surface area contributed by atoms with Crippen molar-refractivity contribution in [3.05, 3.63) is 30.3 Å². The fraction of sp³-hybridized carbons (Fsp3) is 0.680. The van der Waals surface area contributed by atoms with Gasteiger partial charge in [-0.1, -0.05) is 96.3 Å². The highest BCUT2D eigenvalue weighted by Crippen LogP contribution is 2.17. The highest BCUT2D eigenvalue weighted by molar-refractivity contribution is 5.95. The average Bonchev–Trinajstić information content (AvgIpc) is 2.77. The number of carboxylic acid groups (broad SMARTS) is 2. The minimum atomic E-state index is -2.30. The van der Waals surface area contributed by atoms with Gasteiger partial charge in [0.15, 0.2) is 0 Å². The highest BCUT2D eigenvalue weighted by atomic mass is 16.4. The van der Waals surface area contributed by atoms with Crippen molar-refractivity contribution in [2.45, 2.75) is 97.0 Å². The predicted molar refractivity (Wildman–Crippen MR) is 127 cm³/mol. The van der Waals surface area contributed by atoms with Crippen LogP contribution >= 0.6 is 0 Å². The molecule has 1 aromatic rings. The first-order valence-corrected chi connectivity index (χ1v) is 11.9. The van der Waals surface area contributed by atoms with Crippen molar-refractivity contribution in [1.29, 1.82) is 0 Å². The first-order valence-electron chi connectivity index (χ1n) is 11.9. The van der Waals surface area contributed by atoms with Gasteiger partial charge in [0.2, 0.25) is 6.10 Å². The molecule has 0 spiro atoms. The maximum atomic E-state index is 9.51. The zero-order valence-corrected chi connectivity index (χ0v) is 19.5. The number of anilines is 1. The average molecular weight is 438 g/mol. The molecular formula is C25H43NO5. The van der Waals surface area contributed by atoms with E-state index >= 15 is 0 Å². The van der Waals surface area contributed by atoms with E-state index in [1.54, 1.807) is 0 Å². The Hall–Kier alpha value is -2.08. The summed E-state index contributed by atoms with van der Waals surface area (Å²) >= 11 is 0. The third-order valence-electron chi connectivity index (χ3n) is 5.15. The predicted octanol–water partition coefficient (Wildman–Crippen LogP) is 5.73. The molecule has 0 heterocycles. The second-order valence-corrected chi connectivity index (χ2v) is 7.94. The van der Waals surface area contributed by atoms with Gasteiger partial charge in [-0.3, -0.25) is 0 Å². The number of aliphatic hydroxyl groups excluding tert-OH is 1. The lowest BCUT2D eigenvalue weighted by molar-refractivity contribution is -0.161. The van der Waals surface area contributed by atoms with E-state index in [1.807, 2.05) is 0 Å². The molecule has 0 fully saturated rings. The number of unbranched alkanes of at least 4 members (excludes halogenated alkanes) is 10. The number of aliphatic carboxylic acids is 2. The lowest BCUT2D eigenvalue weighted by Crippen LogP contribution is -2.28. The van der Waals surface area contributed by atoms with E-state index in [9.17, 15) is 9.59 Å². The molecule has 3 N–H and O–H groups in total. The molecule has 0 atom stereocenters. The van der Waals surface area contributed by atoms with E-state index in [2.05, 4.69) is 49.1 Å². The van der Waals surface area contributed by atoms with Crippen molar-refractivity contribution in [2.75, 3.05) is 18.0 Å². The number of benzene rings is 1. The summed E-state index contributed by atoms with van der Waals surface area (Å²) in [5.41, 5.74) is 1.41. The van der Waals surface area contributed by atoms with Crippen LogP contribution < -0.4 is 4.90 Å². The summed E-state index contributed by atoms with van der Waals surface area (Å²) in [6, 6.07) is 11.0. The molecule has 0 aliphatic carbocycles. The molecule has 0 aliphatic heterocycles. The normalized spacial score (nSPS) is 10.5. The van der Waals surface area contributed by atoms with E-state index in [1.165, 1.54) is 95.8 Å². The van der Waals surface area contributed by atoms with Gasteiger partial charge in [-0.15, -0.1) is 0 Å². The SMILES string of the molecule is CCCCCCCCN(CCCCCCCC)c1ccccc1.O=C(O)C(O)C(=O)O. The van der Waals surface area contributed by atoms with Crippen LogP contribution in [0.15, 0.2) is 30.3 Å². The van der Waals surface area contributed by atoms with E-state index in [4.69, 9.17) is 15.3 Å². The Labute approximate surface area is 188 Å². The molecule has 6 heteroatoms. The van der Waals surface area contributed by atoms with Gasteiger partial charge < -0.3 is 20.2 Å². The number of aliphatic hydroxyl groups is 1. The monoisotopic (exact) mass is 437 g/mol. The molecule has 0 bridgehead atoms. The second-order valence-electron chi connectivity index (χ2n) is 7.94. The van der Waals surface area contributed by atoms with Gasteiger partial charge >= 0.3 is 11.9 Å². The third-order valence-corrected chi connectivity index (χ3v) is 5.15. The van der Waals surface area contributed by atoms with E-state index in [-0.39, 0.29) is 0 Å². The van der Waals surface area contributed by atoms with Gasteiger partial charge in [0.05, 0.1) is 0 Å². The summed E-state index contributed by atoms with van der Waals surface area (Å²) in [5, 5.41) is 23.4. The number of carboxylic acids is 2. The number of para-hydroxylation sites is 1. The zero-order chi connectivity index (χ0) is 23.3. The van der Waals surface area contributed by atoms with Crippen LogP contribution in [0.4, 0.5) is 5.69 Å². The summed E-state index contributed by atoms with van der Waals surface area (Å²) in [6.45, 7) is 7.03. The Balaban J connectivity index is 0.000000954. The van der Waals surface area contributed by atoms with E-state index in [0.29, 0.717) is 0 Å². The summed E-state index contributed by atoms with van der Waals surface area (Å²) in [6.07, 6.45) is 14.3. The van der Waals surface area contributed by atoms with Crippen LogP contribution in [0.1, 0.15) is 90.9 Å². The number of hydrogen-bond donors (Lipinski definition) is 3. The molecule has 31 heavy (non-hydrogen) atoms. The Morgan fingerprint density at radius 1 is 0.710 bits per heavy atom. The number of hydrogen-bond acceptors (Lipinski definition) is 4. The number of rotatable bonds is 17. The smallest absolute Gasteiger partial charge is 0.344 e. The summed E-state index contributed by atoms with van der Waals surface area (Å²) < 4.78 is 0. The van der Waals surface area contributed by atoms with Crippen LogP contribution in [0.5, 0.6) is 0 Å².